The van der Waals surface area contributed by atoms with Gasteiger partial charge in [0.05, 0.1) is 6.04 Å². The number of nitrogens with zero attached hydrogens (tertiary/aromatic N) is 1. The molecule has 1 atom stereocenters. The quantitative estimate of drug-likeness (QED) is 0.788. The van der Waals surface area contributed by atoms with E-state index in [0.29, 0.717) is 11.3 Å². The second kappa shape index (κ2) is 6.02. The van der Waals surface area contributed by atoms with Crippen LogP contribution in [0, 0.1) is 5.41 Å². The summed E-state index contributed by atoms with van der Waals surface area (Å²) >= 11 is 0. The van der Waals surface area contributed by atoms with Crippen molar-refractivity contribution in [3.63, 3.8) is 0 Å². The van der Waals surface area contributed by atoms with E-state index in [4.69, 9.17) is 0 Å². The van der Waals surface area contributed by atoms with E-state index < -0.39 is 0 Å². The standard InChI is InChI=1S/C14H27N3O/c1-3-14(4-2)5-9-17(10-6-14)13(18)12-11-15-7-8-16-12/h12,15-16H,3-11H2,1-2H3. The van der Waals surface area contributed by atoms with Crippen molar-refractivity contribution in [1.82, 2.24) is 15.5 Å². The summed E-state index contributed by atoms with van der Waals surface area (Å²) in [6.07, 6.45) is 4.83. The Labute approximate surface area is 110 Å². The van der Waals surface area contributed by atoms with Gasteiger partial charge in [0.2, 0.25) is 5.91 Å². The van der Waals surface area contributed by atoms with Crippen LogP contribution in [-0.4, -0.2) is 49.6 Å². The van der Waals surface area contributed by atoms with Crippen molar-refractivity contribution in [3.05, 3.63) is 0 Å². The van der Waals surface area contributed by atoms with Gasteiger partial charge in [-0.1, -0.05) is 26.7 Å². The van der Waals surface area contributed by atoms with Crippen molar-refractivity contribution in [2.45, 2.75) is 45.6 Å². The molecule has 2 rings (SSSR count). The van der Waals surface area contributed by atoms with E-state index in [1.54, 1.807) is 0 Å². The number of piperazine rings is 1. The summed E-state index contributed by atoms with van der Waals surface area (Å²) in [5.74, 6) is 0.294. The second-order valence-corrected chi connectivity index (χ2v) is 5.74. The molecule has 2 fully saturated rings. The maximum absolute atomic E-state index is 12.4. The Morgan fingerprint density at radius 2 is 1.89 bits per heavy atom. The largest absolute Gasteiger partial charge is 0.341 e. The van der Waals surface area contributed by atoms with Crippen LogP contribution in [0.3, 0.4) is 0 Å². The van der Waals surface area contributed by atoms with E-state index in [-0.39, 0.29) is 6.04 Å². The van der Waals surface area contributed by atoms with E-state index in [2.05, 4.69) is 29.4 Å². The van der Waals surface area contributed by atoms with Gasteiger partial charge in [-0.25, -0.2) is 0 Å². The second-order valence-electron chi connectivity index (χ2n) is 5.74. The molecule has 1 amide bonds. The molecule has 0 saturated carbocycles. The third kappa shape index (κ3) is 2.86. The first-order chi connectivity index (χ1) is 8.71. The van der Waals surface area contributed by atoms with E-state index in [0.717, 1.165) is 32.7 Å². The first-order valence-corrected chi connectivity index (χ1v) is 7.43. The van der Waals surface area contributed by atoms with Crippen LogP contribution in [-0.2, 0) is 4.79 Å². The molecule has 0 aliphatic carbocycles. The summed E-state index contributed by atoms with van der Waals surface area (Å²) in [4.78, 5) is 14.4. The number of piperidine rings is 1. The van der Waals surface area contributed by atoms with Crippen LogP contribution in [0.15, 0.2) is 0 Å². The molecule has 2 heterocycles. The van der Waals surface area contributed by atoms with Crippen molar-refractivity contribution < 1.29 is 4.79 Å². The summed E-state index contributed by atoms with van der Waals surface area (Å²) in [7, 11) is 0. The van der Waals surface area contributed by atoms with Crippen LogP contribution in [0.5, 0.6) is 0 Å². The molecule has 0 aromatic carbocycles. The topological polar surface area (TPSA) is 44.4 Å². The molecule has 104 valence electrons. The van der Waals surface area contributed by atoms with Gasteiger partial charge in [0, 0.05) is 32.7 Å². The molecular weight excluding hydrogens is 226 g/mol. The number of hydrogen-bond acceptors (Lipinski definition) is 3. The van der Waals surface area contributed by atoms with Gasteiger partial charge < -0.3 is 15.5 Å². The van der Waals surface area contributed by atoms with Crippen molar-refractivity contribution in [2.75, 3.05) is 32.7 Å². The number of likely N-dealkylation sites (tertiary alicyclic amines) is 1. The minimum absolute atomic E-state index is 0.00509. The maximum atomic E-state index is 12.4. The van der Waals surface area contributed by atoms with E-state index in [9.17, 15) is 4.79 Å². The van der Waals surface area contributed by atoms with Gasteiger partial charge in [0.1, 0.15) is 0 Å². The van der Waals surface area contributed by atoms with Crippen molar-refractivity contribution in [2.24, 2.45) is 5.41 Å². The minimum Gasteiger partial charge on any atom is -0.341 e. The summed E-state index contributed by atoms with van der Waals surface area (Å²) in [6.45, 7) is 9.11. The predicted octanol–water partition coefficient (Wildman–Crippen LogP) is 0.977. The van der Waals surface area contributed by atoms with Crippen molar-refractivity contribution in [3.8, 4) is 0 Å². The Bertz CT molecular complexity index is 273. The number of carbonyl (C=O) groups excluding carboxylic acids is 1. The molecule has 1 unspecified atom stereocenters. The highest BCUT2D eigenvalue weighted by atomic mass is 16.2. The average Bonchev–Trinajstić information content (AvgIpc) is 2.47. The molecule has 0 bridgehead atoms. The molecule has 4 heteroatoms. The van der Waals surface area contributed by atoms with Crippen LogP contribution in [0.4, 0.5) is 0 Å². The maximum Gasteiger partial charge on any atom is 0.241 e. The lowest BCUT2D eigenvalue weighted by molar-refractivity contribution is -0.136. The molecular formula is C14H27N3O. The fraction of sp³-hybridized carbons (Fsp3) is 0.929. The predicted molar refractivity (Wildman–Crippen MR) is 73.5 cm³/mol. The fourth-order valence-corrected chi connectivity index (χ4v) is 3.21. The molecule has 0 spiro atoms. The van der Waals surface area contributed by atoms with Crippen LogP contribution in [0.25, 0.3) is 0 Å². The first-order valence-electron chi connectivity index (χ1n) is 7.43. The minimum atomic E-state index is -0.00509. The Kier molecular flexibility index (Phi) is 4.62. The normalized spacial score (nSPS) is 28.1. The zero-order valence-corrected chi connectivity index (χ0v) is 11.8. The van der Waals surface area contributed by atoms with Crippen LogP contribution >= 0.6 is 0 Å². The summed E-state index contributed by atoms with van der Waals surface area (Å²) in [5, 5.41) is 6.59. The smallest absolute Gasteiger partial charge is 0.241 e. The molecule has 4 nitrogen and oxygen atoms in total. The zero-order valence-electron chi connectivity index (χ0n) is 11.8. The van der Waals surface area contributed by atoms with Gasteiger partial charge in [-0.15, -0.1) is 0 Å². The number of rotatable bonds is 3. The monoisotopic (exact) mass is 253 g/mol. The lowest BCUT2D eigenvalue weighted by Crippen LogP contribution is -2.58. The van der Waals surface area contributed by atoms with Gasteiger partial charge in [-0.05, 0) is 18.3 Å². The van der Waals surface area contributed by atoms with Gasteiger partial charge in [-0.2, -0.15) is 0 Å². The third-order valence-corrected chi connectivity index (χ3v) is 4.97. The van der Waals surface area contributed by atoms with E-state index >= 15 is 0 Å². The third-order valence-electron chi connectivity index (χ3n) is 4.97. The van der Waals surface area contributed by atoms with Crippen molar-refractivity contribution in [1.29, 1.82) is 0 Å². The summed E-state index contributed by atoms with van der Waals surface area (Å²) in [5.41, 5.74) is 0.495. The van der Waals surface area contributed by atoms with Gasteiger partial charge in [-0.3, -0.25) is 4.79 Å². The number of nitrogens with one attached hydrogen (secondary N) is 2. The van der Waals surface area contributed by atoms with E-state index in [1.807, 2.05) is 0 Å². The van der Waals surface area contributed by atoms with Gasteiger partial charge in [0.25, 0.3) is 0 Å². The van der Waals surface area contributed by atoms with Crippen LogP contribution in [0.1, 0.15) is 39.5 Å². The highest BCUT2D eigenvalue weighted by molar-refractivity contribution is 5.82. The first kappa shape index (κ1) is 13.8. The Morgan fingerprint density at radius 3 is 2.39 bits per heavy atom. The molecule has 18 heavy (non-hydrogen) atoms. The molecule has 0 radical (unpaired) electrons. The molecule has 2 N–H and O–H groups in total. The molecule has 2 aliphatic heterocycles. The number of carbonyl (C=O) groups is 1. The highest BCUT2D eigenvalue weighted by Crippen LogP contribution is 2.37. The van der Waals surface area contributed by atoms with Crippen LogP contribution < -0.4 is 10.6 Å². The van der Waals surface area contributed by atoms with E-state index in [1.165, 1.54) is 25.7 Å². The molecule has 0 aromatic heterocycles. The zero-order chi connectivity index (χ0) is 13.0. The summed E-state index contributed by atoms with van der Waals surface area (Å²) in [6, 6.07) is -0.00509. The average molecular weight is 253 g/mol. The Hall–Kier alpha value is -0.610. The van der Waals surface area contributed by atoms with Gasteiger partial charge in [0.15, 0.2) is 0 Å². The summed E-state index contributed by atoms with van der Waals surface area (Å²) < 4.78 is 0. The molecule has 2 saturated heterocycles. The fourth-order valence-electron chi connectivity index (χ4n) is 3.21. The molecule has 0 aromatic rings. The number of hydrogen-bond donors (Lipinski definition) is 2. The van der Waals surface area contributed by atoms with Crippen molar-refractivity contribution >= 4 is 5.91 Å². The lowest BCUT2D eigenvalue weighted by atomic mass is 9.74. The lowest BCUT2D eigenvalue weighted by Gasteiger charge is -2.42. The van der Waals surface area contributed by atoms with Gasteiger partial charge >= 0.3 is 0 Å². The highest BCUT2D eigenvalue weighted by Gasteiger charge is 2.34. The molecule has 2 aliphatic rings. The SMILES string of the molecule is CCC1(CC)CCN(C(=O)C2CNCCN2)CC1. The van der Waals surface area contributed by atoms with Crippen LogP contribution in [0.2, 0.25) is 0 Å². The Balaban J connectivity index is 1.87. The Morgan fingerprint density at radius 1 is 1.22 bits per heavy atom. The number of amides is 1.